The lowest BCUT2D eigenvalue weighted by molar-refractivity contribution is -0.138. The lowest BCUT2D eigenvalue weighted by Crippen LogP contribution is -2.36. The maximum atomic E-state index is 10.8. The van der Waals surface area contributed by atoms with Crippen molar-refractivity contribution in [1.82, 2.24) is 5.32 Å². The summed E-state index contributed by atoms with van der Waals surface area (Å²) in [5.41, 5.74) is 0.682. The average molecular weight is 281 g/mol. The van der Waals surface area contributed by atoms with Gasteiger partial charge in [0.25, 0.3) is 0 Å². The van der Waals surface area contributed by atoms with E-state index in [0.717, 1.165) is 12.2 Å². The van der Waals surface area contributed by atoms with E-state index < -0.39 is 18.1 Å². The molecular weight excluding hydrogens is 258 g/mol. The SMILES string of the molecule is CCCOc1ccc(C(O)C(CC(=O)O)NCC)cc1. The minimum atomic E-state index is -0.933. The molecule has 1 aromatic carbocycles. The van der Waals surface area contributed by atoms with Crippen LogP contribution in [0.2, 0.25) is 0 Å². The van der Waals surface area contributed by atoms with Crippen molar-refractivity contribution < 1.29 is 19.7 Å². The van der Waals surface area contributed by atoms with Crippen LogP contribution in [-0.2, 0) is 4.79 Å². The summed E-state index contributed by atoms with van der Waals surface area (Å²) < 4.78 is 5.47. The van der Waals surface area contributed by atoms with Gasteiger partial charge in [0.1, 0.15) is 5.75 Å². The van der Waals surface area contributed by atoms with Crippen molar-refractivity contribution in [3.05, 3.63) is 29.8 Å². The van der Waals surface area contributed by atoms with E-state index in [1.54, 1.807) is 24.3 Å². The quantitative estimate of drug-likeness (QED) is 0.645. The number of hydrogen-bond acceptors (Lipinski definition) is 4. The minimum Gasteiger partial charge on any atom is -0.494 e. The van der Waals surface area contributed by atoms with Gasteiger partial charge in [0.2, 0.25) is 0 Å². The van der Waals surface area contributed by atoms with Gasteiger partial charge in [-0.2, -0.15) is 0 Å². The molecule has 1 aromatic rings. The summed E-state index contributed by atoms with van der Waals surface area (Å²) in [7, 11) is 0. The molecule has 2 atom stereocenters. The van der Waals surface area contributed by atoms with E-state index >= 15 is 0 Å². The van der Waals surface area contributed by atoms with E-state index in [2.05, 4.69) is 5.32 Å². The summed E-state index contributed by atoms with van der Waals surface area (Å²) in [5.74, 6) is -0.182. The van der Waals surface area contributed by atoms with Gasteiger partial charge < -0.3 is 20.3 Å². The van der Waals surface area contributed by atoms with E-state index in [0.29, 0.717) is 18.7 Å². The van der Waals surface area contributed by atoms with Crippen LogP contribution in [-0.4, -0.2) is 35.4 Å². The summed E-state index contributed by atoms with van der Waals surface area (Å²) >= 11 is 0. The highest BCUT2D eigenvalue weighted by Crippen LogP contribution is 2.22. The summed E-state index contributed by atoms with van der Waals surface area (Å²) in [6, 6.07) is 6.61. The van der Waals surface area contributed by atoms with Crippen molar-refractivity contribution in [3.63, 3.8) is 0 Å². The molecule has 0 aliphatic rings. The summed E-state index contributed by atoms with van der Waals surface area (Å²) in [6.45, 7) is 5.17. The van der Waals surface area contributed by atoms with Gasteiger partial charge in [0.15, 0.2) is 0 Å². The molecule has 3 N–H and O–H groups in total. The molecule has 0 saturated carbocycles. The van der Waals surface area contributed by atoms with Crippen molar-refractivity contribution in [3.8, 4) is 5.75 Å². The van der Waals surface area contributed by atoms with Crippen LogP contribution in [0.1, 0.15) is 38.4 Å². The smallest absolute Gasteiger partial charge is 0.305 e. The van der Waals surface area contributed by atoms with Crippen LogP contribution in [0.5, 0.6) is 5.75 Å². The van der Waals surface area contributed by atoms with Crippen molar-refractivity contribution in [1.29, 1.82) is 0 Å². The third-order valence-corrected chi connectivity index (χ3v) is 2.94. The number of benzene rings is 1. The maximum absolute atomic E-state index is 10.8. The van der Waals surface area contributed by atoms with Gasteiger partial charge in [0.05, 0.1) is 19.1 Å². The lowest BCUT2D eigenvalue weighted by atomic mass is 9.99. The molecule has 0 spiro atoms. The number of ether oxygens (including phenoxy) is 1. The summed E-state index contributed by atoms with van der Waals surface area (Å²) in [6.07, 6.45) is -0.0412. The highest BCUT2D eigenvalue weighted by Gasteiger charge is 2.22. The molecule has 0 aliphatic heterocycles. The van der Waals surface area contributed by atoms with Crippen LogP contribution >= 0.6 is 0 Å². The van der Waals surface area contributed by atoms with Crippen LogP contribution in [0.4, 0.5) is 0 Å². The van der Waals surface area contributed by atoms with Crippen molar-refractivity contribution >= 4 is 5.97 Å². The van der Waals surface area contributed by atoms with E-state index in [1.165, 1.54) is 0 Å². The topological polar surface area (TPSA) is 78.8 Å². The van der Waals surface area contributed by atoms with Crippen molar-refractivity contribution in [2.45, 2.75) is 38.8 Å². The highest BCUT2D eigenvalue weighted by atomic mass is 16.5. The number of aliphatic carboxylic acids is 1. The van der Waals surface area contributed by atoms with Crippen molar-refractivity contribution in [2.24, 2.45) is 0 Å². The van der Waals surface area contributed by atoms with Gasteiger partial charge in [-0.1, -0.05) is 26.0 Å². The van der Waals surface area contributed by atoms with Crippen LogP contribution < -0.4 is 10.1 Å². The Balaban J connectivity index is 2.72. The molecule has 0 amide bonds. The minimum absolute atomic E-state index is 0.122. The van der Waals surface area contributed by atoms with Crippen LogP contribution in [0.3, 0.4) is 0 Å². The molecular formula is C15H23NO4. The Morgan fingerprint density at radius 1 is 1.30 bits per heavy atom. The number of aliphatic hydroxyl groups is 1. The molecule has 2 unspecified atom stereocenters. The summed E-state index contributed by atoms with van der Waals surface area (Å²) in [4.78, 5) is 10.8. The predicted molar refractivity (Wildman–Crippen MR) is 76.9 cm³/mol. The number of nitrogens with one attached hydrogen (secondary N) is 1. The van der Waals surface area contributed by atoms with Crippen LogP contribution in [0.15, 0.2) is 24.3 Å². The standard InChI is InChI=1S/C15H23NO4/c1-3-9-20-12-7-5-11(6-8-12)15(19)13(16-4-2)10-14(17)18/h5-8,13,15-16,19H,3-4,9-10H2,1-2H3,(H,17,18). The first-order valence-electron chi connectivity index (χ1n) is 6.94. The molecule has 0 bridgehead atoms. The zero-order chi connectivity index (χ0) is 15.0. The molecule has 0 radical (unpaired) electrons. The highest BCUT2D eigenvalue weighted by molar-refractivity contribution is 5.67. The van der Waals surface area contributed by atoms with Gasteiger partial charge in [-0.15, -0.1) is 0 Å². The number of likely N-dealkylation sites (N-methyl/N-ethyl adjacent to an activating group) is 1. The second kappa shape index (κ2) is 8.55. The van der Waals surface area contributed by atoms with Gasteiger partial charge in [-0.3, -0.25) is 4.79 Å². The molecule has 0 saturated heterocycles. The fourth-order valence-corrected chi connectivity index (χ4v) is 1.96. The van der Waals surface area contributed by atoms with Gasteiger partial charge >= 0.3 is 5.97 Å². The number of aliphatic hydroxyl groups excluding tert-OH is 1. The normalized spacial score (nSPS) is 13.8. The molecule has 112 valence electrons. The zero-order valence-electron chi connectivity index (χ0n) is 12.0. The Hall–Kier alpha value is -1.59. The Morgan fingerprint density at radius 3 is 2.45 bits per heavy atom. The number of carboxylic acids is 1. The molecule has 5 heteroatoms. The molecule has 0 aromatic heterocycles. The Kier molecular flexibility index (Phi) is 7.04. The monoisotopic (exact) mass is 281 g/mol. The first-order valence-corrected chi connectivity index (χ1v) is 6.94. The maximum Gasteiger partial charge on any atom is 0.305 e. The van der Waals surface area contributed by atoms with E-state index in [-0.39, 0.29) is 6.42 Å². The molecule has 0 fully saturated rings. The molecule has 5 nitrogen and oxygen atoms in total. The fraction of sp³-hybridized carbons (Fsp3) is 0.533. The number of hydrogen-bond donors (Lipinski definition) is 3. The molecule has 20 heavy (non-hydrogen) atoms. The predicted octanol–water partition coefficient (Wildman–Crippen LogP) is 1.96. The third-order valence-electron chi connectivity index (χ3n) is 2.94. The second-order valence-corrected chi connectivity index (χ2v) is 4.62. The van der Waals surface area contributed by atoms with Crippen molar-refractivity contribution in [2.75, 3.05) is 13.2 Å². The number of carboxylic acid groups (broad SMARTS) is 1. The molecule has 0 heterocycles. The van der Waals surface area contributed by atoms with Gasteiger partial charge in [-0.05, 0) is 30.7 Å². The number of carbonyl (C=O) groups is 1. The third kappa shape index (κ3) is 5.19. The first-order chi connectivity index (χ1) is 9.58. The van der Waals surface area contributed by atoms with E-state index in [9.17, 15) is 9.90 Å². The first kappa shape index (κ1) is 16.5. The largest absolute Gasteiger partial charge is 0.494 e. The number of rotatable bonds is 9. The lowest BCUT2D eigenvalue weighted by Gasteiger charge is -2.22. The molecule has 1 rings (SSSR count). The van der Waals surface area contributed by atoms with Crippen LogP contribution in [0, 0.1) is 0 Å². The van der Waals surface area contributed by atoms with E-state index in [1.807, 2.05) is 13.8 Å². The van der Waals surface area contributed by atoms with Gasteiger partial charge in [-0.25, -0.2) is 0 Å². The summed E-state index contributed by atoms with van der Waals surface area (Å²) in [5, 5.41) is 22.1. The second-order valence-electron chi connectivity index (χ2n) is 4.62. The van der Waals surface area contributed by atoms with Gasteiger partial charge in [0, 0.05) is 6.04 Å². The Labute approximate surface area is 119 Å². The Bertz CT molecular complexity index is 405. The zero-order valence-corrected chi connectivity index (χ0v) is 12.0. The van der Waals surface area contributed by atoms with Crippen LogP contribution in [0.25, 0.3) is 0 Å². The average Bonchev–Trinajstić information content (AvgIpc) is 2.44. The molecule has 0 aliphatic carbocycles. The fourth-order valence-electron chi connectivity index (χ4n) is 1.96. The Morgan fingerprint density at radius 2 is 1.95 bits per heavy atom. The van der Waals surface area contributed by atoms with E-state index in [4.69, 9.17) is 9.84 Å².